The Morgan fingerprint density at radius 1 is 0.968 bits per heavy atom. The number of benzene rings is 3. The molecule has 0 saturated heterocycles. The summed E-state index contributed by atoms with van der Waals surface area (Å²) in [6, 6.07) is 21.6. The summed E-state index contributed by atoms with van der Waals surface area (Å²) in [6.45, 7) is 0.394. The first-order valence-electron chi connectivity index (χ1n) is 9.30. The highest BCUT2D eigenvalue weighted by molar-refractivity contribution is 6.40. The van der Waals surface area contributed by atoms with Crippen molar-refractivity contribution in [2.24, 2.45) is 5.10 Å². The normalized spacial score (nSPS) is 10.5. The molecule has 3 aromatic carbocycles. The van der Waals surface area contributed by atoms with Gasteiger partial charge in [0.15, 0.2) is 0 Å². The molecule has 0 aliphatic heterocycles. The Balaban J connectivity index is 1.56. The van der Waals surface area contributed by atoms with Crippen molar-refractivity contribution in [3.8, 4) is 11.5 Å². The average molecular weight is 438 g/mol. The summed E-state index contributed by atoms with van der Waals surface area (Å²) in [4.78, 5) is 24.1. The highest BCUT2D eigenvalue weighted by Crippen LogP contribution is 2.27. The molecule has 0 aliphatic rings. The number of hydrogen-bond acceptors (Lipinski definition) is 5. The Morgan fingerprint density at radius 2 is 1.71 bits per heavy atom. The molecule has 158 valence electrons. The number of halogens is 1. The van der Waals surface area contributed by atoms with E-state index in [1.807, 2.05) is 42.5 Å². The summed E-state index contributed by atoms with van der Waals surface area (Å²) < 4.78 is 10.9. The predicted octanol–water partition coefficient (Wildman–Crippen LogP) is 4.02. The van der Waals surface area contributed by atoms with Gasteiger partial charge < -0.3 is 14.8 Å². The molecule has 0 unspecified atom stereocenters. The molecule has 3 aromatic rings. The minimum Gasteiger partial charge on any atom is -0.495 e. The molecule has 0 radical (unpaired) electrons. The van der Waals surface area contributed by atoms with Crippen molar-refractivity contribution in [2.75, 3.05) is 12.4 Å². The predicted molar refractivity (Wildman–Crippen MR) is 120 cm³/mol. The van der Waals surface area contributed by atoms with Gasteiger partial charge in [0.1, 0.15) is 18.1 Å². The fraction of sp³-hybridized carbons (Fsp3) is 0.0870. The number of carbonyl (C=O) groups excluding carboxylic acids is 2. The number of nitrogens with zero attached hydrogens (tertiary/aromatic N) is 1. The van der Waals surface area contributed by atoms with Crippen LogP contribution in [-0.4, -0.2) is 25.1 Å². The van der Waals surface area contributed by atoms with E-state index in [9.17, 15) is 9.59 Å². The van der Waals surface area contributed by atoms with Gasteiger partial charge in [-0.3, -0.25) is 9.59 Å². The number of carbonyl (C=O) groups is 2. The van der Waals surface area contributed by atoms with Gasteiger partial charge in [-0.2, -0.15) is 5.10 Å². The van der Waals surface area contributed by atoms with E-state index in [1.54, 1.807) is 24.3 Å². The molecule has 0 heterocycles. The van der Waals surface area contributed by atoms with Gasteiger partial charge in [0.2, 0.25) is 0 Å². The zero-order valence-corrected chi connectivity index (χ0v) is 17.4. The minimum absolute atomic E-state index is 0.311. The van der Waals surface area contributed by atoms with Gasteiger partial charge in [-0.15, -0.1) is 0 Å². The van der Waals surface area contributed by atoms with Gasteiger partial charge in [0.05, 0.1) is 18.3 Å². The number of rotatable bonds is 7. The SMILES string of the molecule is COc1ccc(NC(=O)C(=O)N/N=C\c2ccccc2OCc2ccccc2)cc1Cl. The van der Waals surface area contributed by atoms with Crippen LogP contribution in [0.3, 0.4) is 0 Å². The van der Waals surface area contributed by atoms with Crippen LogP contribution in [-0.2, 0) is 16.2 Å². The van der Waals surface area contributed by atoms with Crippen molar-refractivity contribution in [3.63, 3.8) is 0 Å². The fourth-order valence-corrected chi connectivity index (χ4v) is 2.85. The summed E-state index contributed by atoms with van der Waals surface area (Å²) in [5.74, 6) is -0.749. The van der Waals surface area contributed by atoms with Crippen LogP contribution in [0.25, 0.3) is 0 Å². The number of hydrazone groups is 1. The zero-order chi connectivity index (χ0) is 22.1. The molecule has 0 saturated carbocycles. The molecule has 0 aliphatic carbocycles. The van der Waals surface area contributed by atoms with E-state index < -0.39 is 11.8 Å². The second kappa shape index (κ2) is 10.8. The summed E-state index contributed by atoms with van der Waals surface area (Å²) in [5.41, 5.74) is 4.23. The monoisotopic (exact) mass is 437 g/mol. The third-order valence-corrected chi connectivity index (χ3v) is 4.44. The Labute approximate surface area is 184 Å². The van der Waals surface area contributed by atoms with Crippen LogP contribution in [0.4, 0.5) is 5.69 Å². The molecular formula is C23H20ClN3O4. The third-order valence-electron chi connectivity index (χ3n) is 4.14. The van der Waals surface area contributed by atoms with Crippen molar-refractivity contribution < 1.29 is 19.1 Å². The molecule has 8 heteroatoms. The second-order valence-electron chi connectivity index (χ2n) is 6.31. The van der Waals surface area contributed by atoms with Crippen LogP contribution >= 0.6 is 11.6 Å². The number of hydrogen-bond donors (Lipinski definition) is 2. The minimum atomic E-state index is -0.925. The molecule has 7 nitrogen and oxygen atoms in total. The first kappa shape index (κ1) is 21.9. The molecule has 0 fully saturated rings. The molecule has 0 spiro atoms. The van der Waals surface area contributed by atoms with Crippen LogP contribution < -0.4 is 20.2 Å². The molecule has 2 amide bonds. The summed E-state index contributed by atoms with van der Waals surface area (Å²) in [5, 5.41) is 6.61. The van der Waals surface area contributed by atoms with Crippen molar-refractivity contribution in [3.05, 3.63) is 88.9 Å². The molecule has 31 heavy (non-hydrogen) atoms. The van der Waals surface area contributed by atoms with Crippen molar-refractivity contribution in [2.45, 2.75) is 6.61 Å². The zero-order valence-electron chi connectivity index (χ0n) is 16.7. The van der Waals surface area contributed by atoms with Crippen LogP contribution in [0.15, 0.2) is 77.9 Å². The number of anilines is 1. The fourth-order valence-electron chi connectivity index (χ4n) is 2.60. The maximum Gasteiger partial charge on any atom is 0.329 e. The van der Waals surface area contributed by atoms with Gasteiger partial charge in [-0.25, -0.2) is 5.43 Å². The summed E-state index contributed by atoms with van der Waals surface area (Å²) in [7, 11) is 1.48. The Kier molecular flexibility index (Phi) is 7.61. The number of amides is 2. The average Bonchev–Trinajstić information content (AvgIpc) is 2.79. The summed E-state index contributed by atoms with van der Waals surface area (Å²) >= 11 is 6.01. The van der Waals surface area contributed by atoms with Crippen molar-refractivity contribution >= 4 is 35.3 Å². The van der Waals surface area contributed by atoms with Crippen LogP contribution in [0.5, 0.6) is 11.5 Å². The lowest BCUT2D eigenvalue weighted by Gasteiger charge is -2.09. The number of methoxy groups -OCH3 is 1. The van der Waals surface area contributed by atoms with Crippen LogP contribution in [0, 0.1) is 0 Å². The first-order chi connectivity index (χ1) is 15.1. The van der Waals surface area contributed by atoms with E-state index in [4.69, 9.17) is 21.1 Å². The largest absolute Gasteiger partial charge is 0.495 e. The summed E-state index contributed by atoms with van der Waals surface area (Å²) in [6.07, 6.45) is 1.41. The number of ether oxygens (including phenoxy) is 2. The van der Waals surface area contributed by atoms with E-state index in [0.29, 0.717) is 34.4 Å². The van der Waals surface area contributed by atoms with Crippen LogP contribution in [0.1, 0.15) is 11.1 Å². The lowest BCUT2D eigenvalue weighted by molar-refractivity contribution is -0.136. The highest BCUT2D eigenvalue weighted by Gasteiger charge is 2.14. The van der Waals surface area contributed by atoms with E-state index in [1.165, 1.54) is 19.4 Å². The Morgan fingerprint density at radius 3 is 2.45 bits per heavy atom. The van der Waals surface area contributed by atoms with E-state index in [2.05, 4.69) is 15.8 Å². The van der Waals surface area contributed by atoms with Gasteiger partial charge in [0, 0.05) is 11.3 Å². The maximum atomic E-state index is 12.1. The van der Waals surface area contributed by atoms with Crippen molar-refractivity contribution in [1.82, 2.24) is 5.43 Å². The first-order valence-corrected chi connectivity index (χ1v) is 9.68. The standard InChI is InChI=1S/C23H20ClN3O4/c1-30-21-12-11-18(13-19(21)24)26-22(28)23(29)27-25-14-17-9-5-6-10-20(17)31-15-16-7-3-2-4-8-16/h2-14H,15H2,1H3,(H,26,28)(H,27,29)/b25-14-. The van der Waals surface area contributed by atoms with Crippen LogP contribution in [0.2, 0.25) is 5.02 Å². The quantitative estimate of drug-likeness (QED) is 0.332. The lowest BCUT2D eigenvalue weighted by atomic mass is 10.2. The third kappa shape index (κ3) is 6.32. The topological polar surface area (TPSA) is 89.0 Å². The molecule has 3 rings (SSSR count). The van der Waals surface area contributed by atoms with E-state index in [0.717, 1.165) is 5.56 Å². The number of para-hydroxylation sites is 1. The van der Waals surface area contributed by atoms with Gasteiger partial charge in [-0.1, -0.05) is 54.1 Å². The Bertz CT molecular complexity index is 1090. The van der Waals surface area contributed by atoms with Crippen molar-refractivity contribution in [1.29, 1.82) is 0 Å². The van der Waals surface area contributed by atoms with Gasteiger partial charge >= 0.3 is 11.8 Å². The molecular weight excluding hydrogens is 418 g/mol. The lowest BCUT2D eigenvalue weighted by Crippen LogP contribution is -2.32. The van der Waals surface area contributed by atoms with Gasteiger partial charge in [-0.05, 0) is 35.9 Å². The smallest absolute Gasteiger partial charge is 0.329 e. The molecule has 2 N–H and O–H groups in total. The second-order valence-corrected chi connectivity index (χ2v) is 6.72. The highest BCUT2D eigenvalue weighted by atomic mass is 35.5. The molecule has 0 atom stereocenters. The Hall–Kier alpha value is -3.84. The number of nitrogens with one attached hydrogen (secondary N) is 2. The molecule has 0 aromatic heterocycles. The maximum absolute atomic E-state index is 12.1. The molecule has 0 bridgehead atoms. The van der Waals surface area contributed by atoms with E-state index >= 15 is 0 Å². The van der Waals surface area contributed by atoms with Gasteiger partial charge in [0.25, 0.3) is 0 Å². The van der Waals surface area contributed by atoms with E-state index in [-0.39, 0.29) is 0 Å².